The molecule has 1 aromatic carbocycles. The number of halogens is 1. The van der Waals surface area contributed by atoms with Crippen LogP contribution >= 0.6 is 15.9 Å². The van der Waals surface area contributed by atoms with Crippen LogP contribution in [-0.4, -0.2) is 34.2 Å². The number of ether oxygens (including phenoxy) is 1. The Morgan fingerprint density at radius 2 is 2.00 bits per heavy atom. The van der Waals surface area contributed by atoms with Gasteiger partial charge in [-0.15, -0.1) is 10.2 Å². The van der Waals surface area contributed by atoms with Gasteiger partial charge in [-0.05, 0) is 40.2 Å². The van der Waals surface area contributed by atoms with E-state index >= 15 is 0 Å². The molecule has 2 rings (SSSR count). The molecular formula is C13H10BrN3O4. The minimum Gasteiger partial charge on any atom is -0.478 e. The summed E-state index contributed by atoms with van der Waals surface area (Å²) >= 11 is 3.26. The van der Waals surface area contributed by atoms with Crippen molar-refractivity contribution in [3.05, 3.63) is 46.1 Å². The second kappa shape index (κ2) is 6.31. The van der Waals surface area contributed by atoms with E-state index in [9.17, 15) is 9.59 Å². The summed E-state index contributed by atoms with van der Waals surface area (Å²) in [6.45, 7) is 0. The SMILES string of the molecule is CNC(=O)c1ccc(Oc2cc(C(=O)O)ccc2Br)nn1. The van der Waals surface area contributed by atoms with Crippen LogP contribution in [0.25, 0.3) is 0 Å². The molecule has 0 saturated carbocycles. The standard InChI is InChI=1S/C13H10BrN3O4/c1-15-12(18)9-4-5-11(17-16-9)21-10-6-7(13(19)20)2-3-8(10)14/h2-6H,1H3,(H,15,18)(H,19,20). The van der Waals surface area contributed by atoms with Crippen molar-refractivity contribution in [2.75, 3.05) is 7.05 Å². The van der Waals surface area contributed by atoms with Gasteiger partial charge >= 0.3 is 5.97 Å². The van der Waals surface area contributed by atoms with E-state index in [1.807, 2.05) is 0 Å². The maximum atomic E-state index is 11.3. The van der Waals surface area contributed by atoms with Gasteiger partial charge in [0.1, 0.15) is 5.75 Å². The zero-order valence-corrected chi connectivity index (χ0v) is 12.4. The minimum absolute atomic E-state index is 0.0862. The van der Waals surface area contributed by atoms with Crippen LogP contribution in [0.5, 0.6) is 11.6 Å². The second-order valence-corrected chi connectivity index (χ2v) is 4.74. The third-order valence-corrected chi connectivity index (χ3v) is 3.15. The molecule has 0 aliphatic rings. The lowest BCUT2D eigenvalue weighted by molar-refractivity contribution is 0.0696. The van der Waals surface area contributed by atoms with Crippen molar-refractivity contribution in [2.45, 2.75) is 0 Å². The summed E-state index contributed by atoms with van der Waals surface area (Å²) in [6.07, 6.45) is 0. The highest BCUT2D eigenvalue weighted by Crippen LogP contribution is 2.29. The van der Waals surface area contributed by atoms with E-state index in [0.717, 1.165) is 0 Å². The van der Waals surface area contributed by atoms with E-state index in [2.05, 4.69) is 31.4 Å². The van der Waals surface area contributed by atoms with Gasteiger partial charge in [0.25, 0.3) is 5.91 Å². The van der Waals surface area contributed by atoms with Gasteiger partial charge < -0.3 is 15.2 Å². The van der Waals surface area contributed by atoms with Gasteiger partial charge in [0.2, 0.25) is 5.88 Å². The number of hydrogen-bond donors (Lipinski definition) is 2. The Balaban J connectivity index is 2.23. The third kappa shape index (κ3) is 3.54. The number of aromatic nitrogens is 2. The molecule has 2 aromatic rings. The number of carboxylic acid groups (broad SMARTS) is 1. The largest absolute Gasteiger partial charge is 0.478 e. The monoisotopic (exact) mass is 351 g/mol. The fourth-order valence-electron chi connectivity index (χ4n) is 1.45. The number of amides is 1. The molecule has 0 fully saturated rings. The fraction of sp³-hybridized carbons (Fsp3) is 0.0769. The summed E-state index contributed by atoms with van der Waals surface area (Å²) in [4.78, 5) is 22.3. The van der Waals surface area contributed by atoms with Gasteiger partial charge in [-0.3, -0.25) is 4.79 Å². The first-order chi connectivity index (χ1) is 10.0. The number of carbonyl (C=O) groups excluding carboxylic acids is 1. The predicted molar refractivity (Wildman–Crippen MR) is 76.6 cm³/mol. The topological polar surface area (TPSA) is 101 Å². The highest BCUT2D eigenvalue weighted by Gasteiger charge is 2.11. The van der Waals surface area contributed by atoms with E-state index in [-0.39, 0.29) is 28.8 Å². The minimum atomic E-state index is -1.06. The van der Waals surface area contributed by atoms with Gasteiger partial charge in [0, 0.05) is 13.1 Å². The number of nitrogens with zero attached hydrogens (tertiary/aromatic N) is 2. The Morgan fingerprint density at radius 3 is 2.57 bits per heavy atom. The van der Waals surface area contributed by atoms with E-state index in [1.165, 1.54) is 31.3 Å². The molecule has 2 N–H and O–H groups in total. The molecule has 8 heteroatoms. The molecule has 0 aliphatic heterocycles. The Labute approximate surface area is 128 Å². The number of rotatable bonds is 4. The van der Waals surface area contributed by atoms with Crippen LogP contribution in [0.1, 0.15) is 20.8 Å². The van der Waals surface area contributed by atoms with Crippen molar-refractivity contribution >= 4 is 27.8 Å². The summed E-state index contributed by atoms with van der Waals surface area (Å²) in [5.41, 5.74) is 0.242. The molecular weight excluding hydrogens is 342 g/mol. The Bertz CT molecular complexity index is 688. The Morgan fingerprint density at radius 1 is 1.24 bits per heavy atom. The number of carboxylic acids is 1. The number of aromatic carboxylic acids is 1. The van der Waals surface area contributed by atoms with Crippen LogP contribution in [-0.2, 0) is 0 Å². The van der Waals surface area contributed by atoms with E-state index in [4.69, 9.17) is 9.84 Å². The second-order valence-electron chi connectivity index (χ2n) is 3.89. The summed E-state index contributed by atoms with van der Waals surface area (Å²) in [5.74, 6) is -0.987. The highest BCUT2D eigenvalue weighted by molar-refractivity contribution is 9.10. The Hall–Kier alpha value is -2.48. The average molecular weight is 352 g/mol. The van der Waals surface area contributed by atoms with Crippen molar-refractivity contribution in [1.82, 2.24) is 15.5 Å². The van der Waals surface area contributed by atoms with Crippen LogP contribution in [0.4, 0.5) is 0 Å². The molecule has 108 valence electrons. The average Bonchev–Trinajstić information content (AvgIpc) is 2.49. The van der Waals surface area contributed by atoms with Crippen molar-refractivity contribution in [3.63, 3.8) is 0 Å². The molecule has 1 aromatic heterocycles. The van der Waals surface area contributed by atoms with Crippen LogP contribution in [0, 0.1) is 0 Å². The fourth-order valence-corrected chi connectivity index (χ4v) is 1.78. The van der Waals surface area contributed by atoms with E-state index in [0.29, 0.717) is 4.47 Å². The molecule has 1 amide bonds. The van der Waals surface area contributed by atoms with Crippen LogP contribution in [0.2, 0.25) is 0 Å². The third-order valence-electron chi connectivity index (χ3n) is 2.49. The Kier molecular flexibility index (Phi) is 4.49. The number of benzene rings is 1. The van der Waals surface area contributed by atoms with Gasteiger partial charge in [0.15, 0.2) is 5.69 Å². The quantitative estimate of drug-likeness (QED) is 0.874. The first-order valence-corrected chi connectivity index (χ1v) is 6.57. The molecule has 7 nitrogen and oxygen atoms in total. The van der Waals surface area contributed by atoms with Gasteiger partial charge in [-0.2, -0.15) is 0 Å². The normalized spacial score (nSPS) is 10.0. The summed E-state index contributed by atoms with van der Waals surface area (Å²) in [7, 11) is 1.49. The molecule has 0 unspecified atom stereocenters. The van der Waals surface area contributed by atoms with E-state index < -0.39 is 5.97 Å². The van der Waals surface area contributed by atoms with Gasteiger partial charge in [-0.1, -0.05) is 0 Å². The molecule has 0 atom stereocenters. The van der Waals surface area contributed by atoms with Gasteiger partial charge in [-0.25, -0.2) is 4.79 Å². The highest BCUT2D eigenvalue weighted by atomic mass is 79.9. The van der Waals surface area contributed by atoms with Crippen molar-refractivity contribution in [2.24, 2.45) is 0 Å². The lowest BCUT2D eigenvalue weighted by Crippen LogP contribution is -2.19. The van der Waals surface area contributed by atoms with Crippen molar-refractivity contribution in [1.29, 1.82) is 0 Å². The molecule has 0 bridgehead atoms. The zero-order chi connectivity index (χ0) is 15.4. The number of nitrogens with one attached hydrogen (secondary N) is 1. The number of carbonyl (C=O) groups is 2. The lowest BCUT2D eigenvalue weighted by atomic mass is 10.2. The first-order valence-electron chi connectivity index (χ1n) is 5.78. The summed E-state index contributed by atoms with van der Waals surface area (Å²) in [5, 5.41) is 18.8. The lowest BCUT2D eigenvalue weighted by Gasteiger charge is -2.07. The van der Waals surface area contributed by atoms with E-state index in [1.54, 1.807) is 6.07 Å². The zero-order valence-electron chi connectivity index (χ0n) is 10.8. The smallest absolute Gasteiger partial charge is 0.335 e. The molecule has 0 saturated heterocycles. The first kappa shape index (κ1) is 14.9. The summed E-state index contributed by atoms with van der Waals surface area (Å²) < 4.78 is 6.03. The molecule has 0 spiro atoms. The molecule has 1 heterocycles. The number of hydrogen-bond acceptors (Lipinski definition) is 5. The van der Waals surface area contributed by atoms with Crippen LogP contribution in [0.15, 0.2) is 34.8 Å². The van der Waals surface area contributed by atoms with Crippen molar-refractivity contribution < 1.29 is 19.4 Å². The molecule has 0 aliphatic carbocycles. The molecule has 0 radical (unpaired) electrons. The van der Waals surface area contributed by atoms with Crippen LogP contribution in [0.3, 0.4) is 0 Å². The summed E-state index contributed by atoms with van der Waals surface area (Å²) in [6, 6.07) is 7.29. The van der Waals surface area contributed by atoms with Gasteiger partial charge in [0.05, 0.1) is 10.0 Å². The maximum absolute atomic E-state index is 11.3. The predicted octanol–water partition coefficient (Wildman–Crippen LogP) is 2.09. The molecule has 21 heavy (non-hydrogen) atoms. The maximum Gasteiger partial charge on any atom is 0.335 e. The van der Waals surface area contributed by atoms with Crippen LogP contribution < -0.4 is 10.1 Å². The van der Waals surface area contributed by atoms with Crippen molar-refractivity contribution in [3.8, 4) is 11.6 Å².